The van der Waals surface area contributed by atoms with Gasteiger partial charge >= 0.3 is 0 Å². The number of nitrogens with one attached hydrogen (secondary N) is 1. The van der Waals surface area contributed by atoms with Crippen LogP contribution in [0.3, 0.4) is 0 Å². The number of carbonyl (C=O) groups excluding carboxylic acids is 1. The van der Waals surface area contributed by atoms with Gasteiger partial charge < -0.3 is 5.32 Å². The molecule has 1 unspecified atom stereocenters. The van der Waals surface area contributed by atoms with Gasteiger partial charge in [-0.3, -0.25) is 4.79 Å². The predicted octanol–water partition coefficient (Wildman–Crippen LogP) is 1.27. The number of aryl methyl sites for hydroxylation is 1. The smallest absolute Gasteiger partial charge is 0.156 e. The second-order valence-corrected chi connectivity index (χ2v) is 5.79. The van der Waals surface area contributed by atoms with E-state index in [1.165, 1.54) is 0 Å². The number of carbonyl (C=O) groups is 1. The lowest BCUT2D eigenvalue weighted by Gasteiger charge is -2.21. The molecule has 0 radical (unpaired) electrons. The topological polar surface area (TPSA) is 42.0 Å². The van der Waals surface area contributed by atoms with Crippen molar-refractivity contribution in [3.8, 4) is 0 Å². The summed E-state index contributed by atoms with van der Waals surface area (Å²) in [5.74, 6) is 2.29. The lowest BCUT2D eigenvalue weighted by Crippen LogP contribution is -2.44. The summed E-state index contributed by atoms with van der Waals surface area (Å²) < 4.78 is 0. The highest BCUT2D eigenvalue weighted by Crippen LogP contribution is 2.13. The van der Waals surface area contributed by atoms with E-state index in [4.69, 9.17) is 0 Å². The molecule has 1 aliphatic heterocycles. The Kier molecular flexibility index (Phi) is 3.77. The van der Waals surface area contributed by atoms with Crippen molar-refractivity contribution in [1.29, 1.82) is 0 Å². The van der Waals surface area contributed by atoms with E-state index in [0.717, 1.165) is 28.8 Å². The van der Waals surface area contributed by atoms with E-state index in [9.17, 15) is 4.79 Å². The van der Waals surface area contributed by atoms with Crippen molar-refractivity contribution in [3.05, 3.63) is 16.1 Å². The largest absolute Gasteiger partial charge is 0.306 e. The molecule has 82 valence electrons. The van der Waals surface area contributed by atoms with Crippen LogP contribution in [0.25, 0.3) is 0 Å². The van der Waals surface area contributed by atoms with Crippen molar-refractivity contribution in [2.24, 2.45) is 0 Å². The van der Waals surface area contributed by atoms with Crippen LogP contribution >= 0.6 is 23.1 Å². The van der Waals surface area contributed by atoms with Crippen LogP contribution in [0.1, 0.15) is 10.7 Å². The van der Waals surface area contributed by atoms with Crippen LogP contribution in [0.4, 0.5) is 0 Å². The van der Waals surface area contributed by atoms with Crippen LogP contribution in [0.5, 0.6) is 0 Å². The number of thioether (sulfide) groups is 1. The van der Waals surface area contributed by atoms with E-state index in [1.54, 1.807) is 11.3 Å². The predicted molar refractivity (Wildman–Crippen MR) is 64.7 cm³/mol. The molecule has 0 aromatic carbocycles. The first-order valence-corrected chi connectivity index (χ1v) is 7.04. The zero-order chi connectivity index (χ0) is 10.7. The molecular formula is C10H14N2OS2. The number of thiazole rings is 1. The summed E-state index contributed by atoms with van der Waals surface area (Å²) in [6.07, 6.45) is 0.475. The van der Waals surface area contributed by atoms with E-state index < -0.39 is 0 Å². The molecule has 0 spiro atoms. The van der Waals surface area contributed by atoms with Gasteiger partial charge in [-0.1, -0.05) is 0 Å². The zero-order valence-electron chi connectivity index (χ0n) is 8.66. The fraction of sp³-hybridized carbons (Fsp3) is 0.600. The maximum absolute atomic E-state index is 11.9. The Labute approximate surface area is 97.7 Å². The average molecular weight is 242 g/mol. The Morgan fingerprint density at radius 3 is 3.20 bits per heavy atom. The molecule has 1 aromatic heterocycles. The molecule has 1 fully saturated rings. The monoisotopic (exact) mass is 242 g/mol. The third kappa shape index (κ3) is 3.03. The number of Topliss-reactive ketones (excluding diaryl/α,β-unsaturated/α-hetero) is 1. The van der Waals surface area contributed by atoms with Crippen molar-refractivity contribution >= 4 is 28.9 Å². The quantitative estimate of drug-likeness (QED) is 0.866. The molecule has 0 aliphatic carbocycles. The Morgan fingerprint density at radius 2 is 2.60 bits per heavy atom. The summed E-state index contributed by atoms with van der Waals surface area (Å²) in [6.45, 7) is 2.91. The number of hydrogen-bond donors (Lipinski definition) is 1. The van der Waals surface area contributed by atoms with Gasteiger partial charge in [-0.25, -0.2) is 4.98 Å². The van der Waals surface area contributed by atoms with E-state index in [2.05, 4.69) is 10.3 Å². The standard InChI is InChI=1S/C10H14N2OS2/c1-7-12-8(5-15-7)4-10(13)9-6-14-3-2-11-9/h5,9,11H,2-4,6H2,1H3. The number of aromatic nitrogens is 1. The van der Waals surface area contributed by atoms with Crippen molar-refractivity contribution < 1.29 is 4.79 Å². The summed E-state index contributed by atoms with van der Waals surface area (Å²) in [6, 6.07) is 0.0331. The molecule has 1 aliphatic rings. The SMILES string of the molecule is Cc1nc(CC(=O)C2CSCCN2)cs1. The Balaban J connectivity index is 1.91. The molecule has 0 amide bonds. The number of nitrogens with zero attached hydrogens (tertiary/aromatic N) is 1. The van der Waals surface area contributed by atoms with Gasteiger partial charge in [-0.2, -0.15) is 11.8 Å². The van der Waals surface area contributed by atoms with Crippen molar-refractivity contribution in [2.75, 3.05) is 18.1 Å². The molecule has 15 heavy (non-hydrogen) atoms. The van der Waals surface area contributed by atoms with Gasteiger partial charge in [0.15, 0.2) is 5.78 Å². The van der Waals surface area contributed by atoms with Crippen LogP contribution in [0, 0.1) is 6.92 Å². The molecule has 0 saturated carbocycles. The Hall–Kier alpha value is -0.390. The van der Waals surface area contributed by atoms with Crippen LogP contribution in [0.15, 0.2) is 5.38 Å². The highest BCUT2D eigenvalue weighted by atomic mass is 32.2. The third-order valence-electron chi connectivity index (χ3n) is 2.33. The van der Waals surface area contributed by atoms with Gasteiger partial charge in [0.05, 0.1) is 23.2 Å². The third-order valence-corrected chi connectivity index (χ3v) is 4.22. The van der Waals surface area contributed by atoms with Crippen LogP contribution in [-0.4, -0.2) is 34.9 Å². The van der Waals surface area contributed by atoms with Crippen LogP contribution in [-0.2, 0) is 11.2 Å². The normalized spacial score (nSPS) is 21.5. The van der Waals surface area contributed by atoms with Gasteiger partial charge in [-0.05, 0) is 6.92 Å². The van der Waals surface area contributed by atoms with E-state index in [-0.39, 0.29) is 11.8 Å². The first-order chi connectivity index (χ1) is 7.25. The van der Waals surface area contributed by atoms with E-state index >= 15 is 0 Å². The van der Waals surface area contributed by atoms with Crippen LogP contribution < -0.4 is 5.32 Å². The minimum absolute atomic E-state index is 0.0331. The second-order valence-electron chi connectivity index (χ2n) is 3.58. The van der Waals surface area contributed by atoms with Gasteiger partial charge in [0.25, 0.3) is 0 Å². The fourth-order valence-electron chi connectivity index (χ4n) is 1.56. The summed E-state index contributed by atoms with van der Waals surface area (Å²) >= 11 is 3.45. The molecule has 2 rings (SSSR count). The molecule has 1 aromatic rings. The molecule has 1 atom stereocenters. The van der Waals surface area contributed by atoms with E-state index in [0.29, 0.717) is 6.42 Å². The van der Waals surface area contributed by atoms with Gasteiger partial charge in [0.1, 0.15) is 0 Å². The lowest BCUT2D eigenvalue weighted by atomic mass is 10.1. The fourth-order valence-corrected chi connectivity index (χ4v) is 3.14. The van der Waals surface area contributed by atoms with Crippen molar-refractivity contribution in [1.82, 2.24) is 10.3 Å². The Bertz CT molecular complexity index is 345. The highest BCUT2D eigenvalue weighted by Gasteiger charge is 2.21. The van der Waals surface area contributed by atoms with Gasteiger partial charge in [-0.15, -0.1) is 11.3 Å². The summed E-state index contributed by atoms with van der Waals surface area (Å²) in [7, 11) is 0. The molecule has 2 heterocycles. The lowest BCUT2D eigenvalue weighted by molar-refractivity contribution is -0.120. The van der Waals surface area contributed by atoms with Gasteiger partial charge in [0, 0.05) is 23.4 Å². The first kappa shape index (κ1) is 11.1. The number of ketones is 1. The zero-order valence-corrected chi connectivity index (χ0v) is 10.3. The Morgan fingerprint density at radius 1 is 1.73 bits per heavy atom. The molecule has 0 bridgehead atoms. The molecule has 1 N–H and O–H groups in total. The van der Waals surface area contributed by atoms with Gasteiger partial charge in [0.2, 0.25) is 0 Å². The summed E-state index contributed by atoms with van der Waals surface area (Å²) in [4.78, 5) is 16.2. The minimum atomic E-state index is 0.0331. The van der Waals surface area contributed by atoms with Crippen molar-refractivity contribution in [3.63, 3.8) is 0 Å². The van der Waals surface area contributed by atoms with Crippen molar-refractivity contribution in [2.45, 2.75) is 19.4 Å². The maximum Gasteiger partial charge on any atom is 0.156 e. The molecule has 1 saturated heterocycles. The maximum atomic E-state index is 11.9. The second kappa shape index (κ2) is 5.09. The van der Waals surface area contributed by atoms with Crippen LogP contribution in [0.2, 0.25) is 0 Å². The highest BCUT2D eigenvalue weighted by molar-refractivity contribution is 7.99. The molecular weight excluding hydrogens is 228 g/mol. The minimum Gasteiger partial charge on any atom is -0.306 e. The first-order valence-electron chi connectivity index (χ1n) is 5.00. The average Bonchev–Trinajstić information content (AvgIpc) is 2.65. The molecule has 3 nitrogen and oxygen atoms in total. The van der Waals surface area contributed by atoms with E-state index in [1.807, 2.05) is 24.1 Å². The number of hydrogen-bond acceptors (Lipinski definition) is 5. The summed E-state index contributed by atoms with van der Waals surface area (Å²) in [5, 5.41) is 6.26. The number of rotatable bonds is 3. The summed E-state index contributed by atoms with van der Waals surface area (Å²) in [5.41, 5.74) is 0.917. The molecule has 5 heteroatoms.